The van der Waals surface area contributed by atoms with Gasteiger partial charge in [0.15, 0.2) is 5.82 Å². The third kappa shape index (κ3) is 2.28. The van der Waals surface area contributed by atoms with Crippen molar-refractivity contribution in [3.8, 4) is 0 Å². The minimum Gasteiger partial charge on any atom is -0.339 e. The highest BCUT2D eigenvalue weighted by Crippen LogP contribution is 2.39. The third-order valence-corrected chi connectivity index (χ3v) is 4.27. The van der Waals surface area contributed by atoms with Crippen molar-refractivity contribution in [1.82, 2.24) is 10.1 Å². The van der Waals surface area contributed by atoms with Gasteiger partial charge < -0.3 is 9.42 Å². The van der Waals surface area contributed by atoms with E-state index in [9.17, 15) is 9.18 Å². The van der Waals surface area contributed by atoms with Crippen molar-refractivity contribution in [3.63, 3.8) is 0 Å². The number of hydrogen-bond acceptors (Lipinski definition) is 4. The van der Waals surface area contributed by atoms with Crippen molar-refractivity contribution < 1.29 is 13.7 Å². The minimum atomic E-state index is -0.385. The summed E-state index contributed by atoms with van der Waals surface area (Å²) in [6, 6.07) is 4.78. The maximum Gasteiger partial charge on any atom is 0.232 e. The number of aromatic nitrogens is 2. The van der Waals surface area contributed by atoms with Crippen LogP contribution in [0.4, 0.5) is 10.1 Å². The highest BCUT2D eigenvalue weighted by molar-refractivity contribution is 5.96. The summed E-state index contributed by atoms with van der Waals surface area (Å²) in [7, 11) is 0. The first kappa shape index (κ1) is 13.4. The molecule has 22 heavy (non-hydrogen) atoms. The summed E-state index contributed by atoms with van der Waals surface area (Å²) in [6.45, 7) is 2.26. The highest BCUT2D eigenvalue weighted by Gasteiger charge is 2.37. The molecule has 1 unspecified atom stereocenters. The van der Waals surface area contributed by atoms with Crippen LogP contribution in [0.3, 0.4) is 0 Å². The van der Waals surface area contributed by atoms with Gasteiger partial charge in [0.1, 0.15) is 5.82 Å². The van der Waals surface area contributed by atoms with E-state index in [1.54, 1.807) is 12.1 Å². The van der Waals surface area contributed by atoms with Gasteiger partial charge in [-0.25, -0.2) is 4.39 Å². The number of carbonyl (C=O) groups excluding carboxylic acids is 1. The van der Waals surface area contributed by atoms with Gasteiger partial charge in [-0.05, 0) is 37.5 Å². The zero-order chi connectivity index (χ0) is 15.3. The van der Waals surface area contributed by atoms with Crippen molar-refractivity contribution >= 4 is 11.6 Å². The first-order valence-electron chi connectivity index (χ1n) is 7.52. The summed E-state index contributed by atoms with van der Waals surface area (Å²) >= 11 is 0. The van der Waals surface area contributed by atoms with Gasteiger partial charge >= 0.3 is 0 Å². The lowest BCUT2D eigenvalue weighted by Crippen LogP contribution is -2.25. The van der Waals surface area contributed by atoms with Crippen molar-refractivity contribution in [3.05, 3.63) is 41.3 Å². The topological polar surface area (TPSA) is 59.2 Å². The van der Waals surface area contributed by atoms with Crippen LogP contribution >= 0.6 is 0 Å². The molecule has 0 radical (unpaired) electrons. The van der Waals surface area contributed by atoms with Crippen LogP contribution in [0.5, 0.6) is 0 Å². The van der Waals surface area contributed by atoms with Crippen LogP contribution in [0.1, 0.15) is 48.4 Å². The Balaban J connectivity index is 1.58. The van der Waals surface area contributed by atoms with Gasteiger partial charge in [0, 0.05) is 18.9 Å². The van der Waals surface area contributed by atoms with E-state index in [1.165, 1.54) is 11.0 Å². The zero-order valence-electron chi connectivity index (χ0n) is 12.3. The Labute approximate surface area is 127 Å². The Morgan fingerprint density at radius 1 is 1.32 bits per heavy atom. The average Bonchev–Trinajstić information content (AvgIpc) is 3.10. The number of benzene rings is 1. The van der Waals surface area contributed by atoms with Gasteiger partial charge in [-0.1, -0.05) is 11.2 Å². The van der Waals surface area contributed by atoms with Crippen LogP contribution in [0.25, 0.3) is 0 Å². The lowest BCUT2D eigenvalue weighted by Gasteiger charge is -2.17. The molecule has 4 rings (SSSR count). The molecule has 0 N–H and O–H groups in total. The fourth-order valence-electron chi connectivity index (χ4n) is 2.86. The summed E-state index contributed by atoms with van der Waals surface area (Å²) in [6.07, 6.45) is 2.48. The SMILES string of the molecule is Cc1ccc(F)c(N2CC(c3nc(C4CC4)no3)CC2=O)c1. The molecular formula is C16H16FN3O2. The molecule has 2 heterocycles. The molecule has 1 atom stereocenters. The summed E-state index contributed by atoms with van der Waals surface area (Å²) in [5, 5.41) is 3.99. The zero-order valence-corrected chi connectivity index (χ0v) is 12.3. The maximum atomic E-state index is 14.0. The molecule has 1 saturated carbocycles. The summed E-state index contributed by atoms with van der Waals surface area (Å²) < 4.78 is 19.3. The summed E-state index contributed by atoms with van der Waals surface area (Å²) in [4.78, 5) is 18.1. The van der Waals surface area contributed by atoms with Crippen LogP contribution in [0, 0.1) is 12.7 Å². The number of halogens is 1. The Hall–Kier alpha value is -2.24. The summed E-state index contributed by atoms with van der Waals surface area (Å²) in [5.74, 6) is 0.991. The Morgan fingerprint density at radius 3 is 2.91 bits per heavy atom. The molecular weight excluding hydrogens is 285 g/mol. The fraction of sp³-hybridized carbons (Fsp3) is 0.438. The van der Waals surface area contributed by atoms with Crippen LogP contribution in [0.2, 0.25) is 0 Å². The molecule has 1 aliphatic heterocycles. The Kier molecular flexibility index (Phi) is 2.99. The smallest absolute Gasteiger partial charge is 0.232 e. The maximum absolute atomic E-state index is 14.0. The standard InChI is InChI=1S/C16H16FN3O2/c1-9-2-5-12(17)13(6-9)20-8-11(7-14(20)21)16-18-15(19-22-16)10-3-4-10/h2,5-6,10-11H,3-4,7-8H2,1H3. The molecule has 0 bridgehead atoms. The molecule has 6 heteroatoms. The van der Waals surface area contributed by atoms with E-state index in [1.807, 2.05) is 6.92 Å². The molecule has 1 aromatic carbocycles. The van der Waals surface area contributed by atoms with Gasteiger partial charge in [-0.15, -0.1) is 0 Å². The predicted molar refractivity (Wildman–Crippen MR) is 77.1 cm³/mol. The number of amides is 1. The number of anilines is 1. The van der Waals surface area contributed by atoms with E-state index in [2.05, 4.69) is 10.1 Å². The molecule has 5 nitrogen and oxygen atoms in total. The monoisotopic (exact) mass is 301 g/mol. The van der Waals surface area contributed by atoms with Gasteiger partial charge in [-0.3, -0.25) is 4.79 Å². The highest BCUT2D eigenvalue weighted by atomic mass is 19.1. The van der Waals surface area contributed by atoms with E-state index >= 15 is 0 Å². The van der Waals surface area contributed by atoms with E-state index in [4.69, 9.17) is 4.52 Å². The van der Waals surface area contributed by atoms with Gasteiger partial charge in [-0.2, -0.15) is 4.98 Å². The van der Waals surface area contributed by atoms with Gasteiger partial charge in [0.25, 0.3) is 0 Å². The molecule has 2 fully saturated rings. The number of nitrogens with zero attached hydrogens (tertiary/aromatic N) is 3. The van der Waals surface area contributed by atoms with Crippen molar-refractivity contribution in [2.75, 3.05) is 11.4 Å². The number of aryl methyl sites for hydroxylation is 1. The van der Waals surface area contributed by atoms with Crippen LogP contribution in [-0.4, -0.2) is 22.6 Å². The molecule has 1 saturated heterocycles. The second-order valence-corrected chi connectivity index (χ2v) is 6.13. The van der Waals surface area contributed by atoms with E-state index in [0.717, 1.165) is 24.2 Å². The summed E-state index contributed by atoms with van der Waals surface area (Å²) in [5.41, 5.74) is 1.25. The molecule has 1 amide bonds. The molecule has 1 aliphatic carbocycles. The molecule has 0 spiro atoms. The van der Waals surface area contributed by atoms with Crippen LogP contribution in [-0.2, 0) is 4.79 Å². The normalized spacial score (nSPS) is 21.6. The van der Waals surface area contributed by atoms with Gasteiger partial charge in [0.2, 0.25) is 11.8 Å². The quantitative estimate of drug-likeness (QED) is 0.874. The van der Waals surface area contributed by atoms with Crippen molar-refractivity contribution in [1.29, 1.82) is 0 Å². The molecule has 114 valence electrons. The molecule has 2 aromatic rings. The predicted octanol–water partition coefficient (Wildman–Crippen LogP) is 2.92. The second-order valence-electron chi connectivity index (χ2n) is 6.13. The first-order valence-corrected chi connectivity index (χ1v) is 7.52. The van der Waals surface area contributed by atoms with E-state index in [-0.39, 0.29) is 24.1 Å². The first-order chi connectivity index (χ1) is 10.6. The van der Waals surface area contributed by atoms with Gasteiger partial charge in [0.05, 0.1) is 11.6 Å². The lowest BCUT2D eigenvalue weighted by atomic mass is 10.1. The van der Waals surface area contributed by atoms with Crippen molar-refractivity contribution in [2.24, 2.45) is 0 Å². The largest absolute Gasteiger partial charge is 0.339 e. The minimum absolute atomic E-state index is 0.110. The lowest BCUT2D eigenvalue weighted by molar-refractivity contribution is -0.117. The molecule has 1 aromatic heterocycles. The molecule has 2 aliphatic rings. The van der Waals surface area contributed by atoms with Crippen LogP contribution < -0.4 is 4.90 Å². The number of rotatable bonds is 3. The third-order valence-electron chi connectivity index (χ3n) is 4.27. The Morgan fingerprint density at radius 2 is 2.14 bits per heavy atom. The second kappa shape index (κ2) is 4.90. The number of carbonyl (C=O) groups is 1. The average molecular weight is 301 g/mol. The number of hydrogen-bond donors (Lipinski definition) is 0. The Bertz CT molecular complexity index is 739. The van der Waals surface area contributed by atoms with Crippen LogP contribution in [0.15, 0.2) is 22.7 Å². The fourth-order valence-corrected chi connectivity index (χ4v) is 2.86. The van der Waals surface area contributed by atoms with Crippen molar-refractivity contribution in [2.45, 2.75) is 38.0 Å². The van der Waals surface area contributed by atoms with E-state index in [0.29, 0.717) is 24.0 Å². The van der Waals surface area contributed by atoms with E-state index < -0.39 is 0 Å².